The van der Waals surface area contributed by atoms with Crippen LogP contribution in [0.3, 0.4) is 0 Å². The number of nitrogens with one attached hydrogen (secondary N) is 1. The average Bonchev–Trinajstić information content (AvgIpc) is 3.33. The number of carbonyl (C=O) groups is 3. The molecule has 3 rings (SSSR count). The summed E-state index contributed by atoms with van der Waals surface area (Å²) >= 11 is 0.923. The van der Waals surface area contributed by atoms with Crippen molar-refractivity contribution in [2.45, 2.75) is 47.5 Å². The Hall–Kier alpha value is -3.66. The standard InChI is InChI=1S/C23H26N4O5S/c1-12(2)32-23(30)18-15(5)19(20(24)28)33-22(18)25-21(29)16-8-9-27(26-16)11-31-17-10-13(3)6-7-14(17)4/h6-10,12H,11H2,1-5H3,(H2,24,28)(H,25,29). The number of ether oxygens (including phenoxy) is 2. The van der Waals surface area contributed by atoms with E-state index in [0.29, 0.717) is 5.56 Å². The molecule has 2 amide bonds. The predicted octanol–water partition coefficient (Wildman–Crippen LogP) is 3.82. The molecule has 3 aromatic rings. The molecule has 0 radical (unpaired) electrons. The molecule has 0 fully saturated rings. The van der Waals surface area contributed by atoms with Gasteiger partial charge in [-0.05, 0) is 63.4 Å². The Morgan fingerprint density at radius 1 is 1.18 bits per heavy atom. The normalized spacial score (nSPS) is 10.8. The summed E-state index contributed by atoms with van der Waals surface area (Å²) in [5.41, 5.74) is 8.07. The number of benzene rings is 1. The second-order valence-electron chi connectivity index (χ2n) is 7.82. The molecule has 33 heavy (non-hydrogen) atoms. The maximum Gasteiger partial charge on any atom is 0.341 e. The summed E-state index contributed by atoms with van der Waals surface area (Å²) in [6.45, 7) is 9.04. The lowest BCUT2D eigenvalue weighted by Crippen LogP contribution is -2.18. The number of aromatic nitrogens is 2. The van der Waals surface area contributed by atoms with E-state index in [9.17, 15) is 14.4 Å². The Morgan fingerprint density at radius 3 is 2.58 bits per heavy atom. The van der Waals surface area contributed by atoms with Crippen LogP contribution < -0.4 is 15.8 Å². The number of amides is 2. The molecule has 0 aliphatic carbocycles. The minimum Gasteiger partial charge on any atom is -0.471 e. The third-order valence-corrected chi connectivity index (χ3v) is 5.94. The topological polar surface area (TPSA) is 126 Å². The van der Waals surface area contributed by atoms with E-state index < -0.39 is 17.8 Å². The van der Waals surface area contributed by atoms with Gasteiger partial charge in [0.2, 0.25) is 0 Å². The second-order valence-corrected chi connectivity index (χ2v) is 8.84. The summed E-state index contributed by atoms with van der Waals surface area (Å²) in [6.07, 6.45) is 1.24. The van der Waals surface area contributed by atoms with E-state index >= 15 is 0 Å². The summed E-state index contributed by atoms with van der Waals surface area (Å²) in [7, 11) is 0. The van der Waals surface area contributed by atoms with Crippen LogP contribution >= 0.6 is 11.3 Å². The minimum atomic E-state index is -0.690. The molecular weight excluding hydrogens is 444 g/mol. The maximum atomic E-state index is 12.8. The number of aryl methyl sites for hydroxylation is 2. The number of thiophene rings is 1. The van der Waals surface area contributed by atoms with Crippen molar-refractivity contribution in [2.75, 3.05) is 5.32 Å². The van der Waals surface area contributed by atoms with E-state index in [-0.39, 0.29) is 34.0 Å². The largest absolute Gasteiger partial charge is 0.471 e. The molecule has 1 aromatic carbocycles. The van der Waals surface area contributed by atoms with Crippen LogP contribution in [0.2, 0.25) is 0 Å². The van der Waals surface area contributed by atoms with Crippen LogP contribution in [-0.4, -0.2) is 33.7 Å². The molecule has 174 valence electrons. The number of nitrogens with two attached hydrogens (primary N) is 1. The number of rotatable bonds is 8. The molecule has 2 heterocycles. The van der Waals surface area contributed by atoms with Gasteiger partial charge in [-0.15, -0.1) is 11.3 Å². The van der Waals surface area contributed by atoms with Crippen LogP contribution in [0.25, 0.3) is 0 Å². The first-order valence-corrected chi connectivity index (χ1v) is 11.1. The van der Waals surface area contributed by atoms with Crippen molar-refractivity contribution in [2.24, 2.45) is 5.73 Å². The SMILES string of the molecule is Cc1ccc(C)c(OCn2ccc(C(=O)Nc3sc(C(N)=O)c(C)c3C(=O)OC(C)C)n2)c1. The van der Waals surface area contributed by atoms with Gasteiger partial charge >= 0.3 is 5.97 Å². The van der Waals surface area contributed by atoms with Crippen LogP contribution in [0.4, 0.5) is 5.00 Å². The molecule has 0 atom stereocenters. The second kappa shape index (κ2) is 9.86. The van der Waals surface area contributed by atoms with Crippen LogP contribution in [-0.2, 0) is 11.5 Å². The highest BCUT2D eigenvalue weighted by atomic mass is 32.1. The van der Waals surface area contributed by atoms with Gasteiger partial charge in [-0.2, -0.15) is 5.10 Å². The van der Waals surface area contributed by atoms with Crippen molar-refractivity contribution in [3.05, 3.63) is 63.3 Å². The first-order valence-electron chi connectivity index (χ1n) is 10.3. The molecule has 10 heteroatoms. The van der Waals surface area contributed by atoms with Gasteiger partial charge in [0.15, 0.2) is 12.4 Å². The van der Waals surface area contributed by atoms with E-state index in [0.717, 1.165) is 28.2 Å². The molecule has 2 aromatic heterocycles. The van der Waals surface area contributed by atoms with E-state index in [1.165, 1.54) is 10.7 Å². The minimum absolute atomic E-state index is 0.105. The highest BCUT2D eigenvalue weighted by Crippen LogP contribution is 2.34. The lowest BCUT2D eigenvalue weighted by molar-refractivity contribution is 0.0379. The molecule has 0 aliphatic rings. The molecule has 9 nitrogen and oxygen atoms in total. The summed E-state index contributed by atoms with van der Waals surface area (Å²) in [6, 6.07) is 7.43. The molecule has 0 aliphatic heterocycles. The quantitative estimate of drug-likeness (QED) is 0.482. The van der Waals surface area contributed by atoms with Crippen molar-refractivity contribution in [1.29, 1.82) is 0 Å². The first kappa shape index (κ1) is 24.0. The Balaban J connectivity index is 1.77. The third-order valence-electron chi connectivity index (χ3n) is 4.71. The van der Waals surface area contributed by atoms with Gasteiger partial charge in [0, 0.05) is 6.20 Å². The number of esters is 1. The highest BCUT2D eigenvalue weighted by Gasteiger charge is 2.27. The van der Waals surface area contributed by atoms with Gasteiger partial charge < -0.3 is 20.5 Å². The van der Waals surface area contributed by atoms with E-state index in [2.05, 4.69) is 10.4 Å². The molecule has 0 saturated carbocycles. The monoisotopic (exact) mass is 470 g/mol. The fraction of sp³-hybridized carbons (Fsp3) is 0.304. The van der Waals surface area contributed by atoms with E-state index in [1.54, 1.807) is 27.0 Å². The number of carbonyl (C=O) groups excluding carboxylic acids is 3. The van der Waals surface area contributed by atoms with E-state index in [1.807, 2.05) is 32.0 Å². The Bertz CT molecular complexity index is 1210. The fourth-order valence-electron chi connectivity index (χ4n) is 3.08. The first-order chi connectivity index (χ1) is 15.6. The Labute approximate surface area is 195 Å². The van der Waals surface area contributed by atoms with Gasteiger partial charge in [-0.3, -0.25) is 9.59 Å². The zero-order chi connectivity index (χ0) is 24.3. The zero-order valence-electron chi connectivity index (χ0n) is 19.1. The number of anilines is 1. The summed E-state index contributed by atoms with van der Waals surface area (Å²) < 4.78 is 12.6. The molecule has 0 unspecified atom stereocenters. The Morgan fingerprint density at radius 2 is 1.91 bits per heavy atom. The number of nitrogens with zero attached hydrogens (tertiary/aromatic N) is 2. The van der Waals surface area contributed by atoms with Crippen molar-refractivity contribution in [1.82, 2.24) is 9.78 Å². The number of primary amides is 1. The van der Waals surface area contributed by atoms with Crippen molar-refractivity contribution < 1.29 is 23.9 Å². The summed E-state index contributed by atoms with van der Waals surface area (Å²) in [4.78, 5) is 37.3. The predicted molar refractivity (Wildman–Crippen MR) is 125 cm³/mol. The van der Waals surface area contributed by atoms with Crippen LogP contribution in [0.5, 0.6) is 5.75 Å². The number of hydrogen-bond acceptors (Lipinski definition) is 7. The van der Waals surface area contributed by atoms with Crippen LogP contribution in [0.15, 0.2) is 30.5 Å². The summed E-state index contributed by atoms with van der Waals surface area (Å²) in [5.74, 6) is -1.15. The molecule has 0 saturated heterocycles. The van der Waals surface area contributed by atoms with Crippen LogP contribution in [0.1, 0.15) is 61.1 Å². The lowest BCUT2D eigenvalue weighted by Gasteiger charge is -2.10. The zero-order valence-corrected chi connectivity index (χ0v) is 19.9. The fourth-order valence-corrected chi connectivity index (χ4v) is 4.12. The Kier molecular flexibility index (Phi) is 7.17. The smallest absolute Gasteiger partial charge is 0.341 e. The van der Waals surface area contributed by atoms with E-state index in [4.69, 9.17) is 15.2 Å². The maximum absolute atomic E-state index is 12.8. The molecule has 0 bridgehead atoms. The molecular formula is C23H26N4O5S. The van der Waals surface area contributed by atoms with Crippen LogP contribution in [0, 0.1) is 20.8 Å². The molecule has 3 N–H and O–H groups in total. The summed E-state index contributed by atoms with van der Waals surface area (Å²) in [5, 5.41) is 7.07. The highest BCUT2D eigenvalue weighted by molar-refractivity contribution is 7.18. The van der Waals surface area contributed by atoms with Gasteiger partial charge in [-0.25, -0.2) is 9.48 Å². The van der Waals surface area contributed by atoms with Gasteiger partial charge in [0.05, 0.1) is 16.5 Å². The van der Waals surface area contributed by atoms with Gasteiger partial charge in [-0.1, -0.05) is 12.1 Å². The number of hydrogen-bond donors (Lipinski definition) is 2. The van der Waals surface area contributed by atoms with Crippen molar-refractivity contribution in [3.63, 3.8) is 0 Å². The third kappa shape index (κ3) is 5.58. The van der Waals surface area contributed by atoms with Crippen molar-refractivity contribution in [3.8, 4) is 5.75 Å². The lowest BCUT2D eigenvalue weighted by atomic mass is 10.1. The van der Waals surface area contributed by atoms with Gasteiger partial charge in [0.25, 0.3) is 11.8 Å². The van der Waals surface area contributed by atoms with Gasteiger partial charge in [0.1, 0.15) is 10.8 Å². The molecule has 0 spiro atoms. The average molecular weight is 471 g/mol. The van der Waals surface area contributed by atoms with Crippen molar-refractivity contribution >= 4 is 34.1 Å².